The number of nitrogens with one attached hydrogen (secondary N) is 1. The molecule has 0 unspecified atom stereocenters. The Bertz CT molecular complexity index is 567. The maximum Gasteiger partial charge on any atom is 0.243 e. The molecule has 0 saturated heterocycles. The highest BCUT2D eigenvalue weighted by molar-refractivity contribution is 5.44. The zero-order chi connectivity index (χ0) is 13.3. The van der Waals surface area contributed by atoms with Crippen LogP contribution in [0, 0.1) is 12.3 Å². The molecule has 1 N–H and O–H groups in total. The van der Waals surface area contributed by atoms with Gasteiger partial charge in [0.25, 0.3) is 0 Å². The standard InChI is InChI=1S/C15H22N4/c1-3-15(8-4-5-9-15)11-16-14-17-13-7-6-12(2)10-19(13)18-14/h6-7,10H,3-5,8-9,11H2,1-2H3,(H,16,18). The average molecular weight is 258 g/mol. The summed E-state index contributed by atoms with van der Waals surface area (Å²) in [6.07, 6.45) is 8.66. The van der Waals surface area contributed by atoms with E-state index < -0.39 is 0 Å². The predicted molar refractivity (Wildman–Crippen MR) is 77.4 cm³/mol. The Kier molecular flexibility index (Phi) is 3.17. The Labute approximate surface area is 114 Å². The van der Waals surface area contributed by atoms with Gasteiger partial charge in [0.05, 0.1) is 0 Å². The Morgan fingerprint density at radius 3 is 2.84 bits per heavy atom. The van der Waals surface area contributed by atoms with E-state index in [1.807, 2.05) is 16.8 Å². The zero-order valence-corrected chi connectivity index (χ0v) is 11.8. The van der Waals surface area contributed by atoms with Gasteiger partial charge in [-0.2, -0.15) is 4.98 Å². The molecule has 0 aromatic carbocycles. The van der Waals surface area contributed by atoms with Gasteiger partial charge >= 0.3 is 0 Å². The van der Waals surface area contributed by atoms with Crippen molar-refractivity contribution in [2.24, 2.45) is 5.41 Å². The Morgan fingerprint density at radius 2 is 2.11 bits per heavy atom. The van der Waals surface area contributed by atoms with Crippen molar-refractivity contribution in [3.63, 3.8) is 0 Å². The van der Waals surface area contributed by atoms with Crippen molar-refractivity contribution in [3.8, 4) is 0 Å². The van der Waals surface area contributed by atoms with Crippen LogP contribution >= 0.6 is 0 Å². The van der Waals surface area contributed by atoms with E-state index in [4.69, 9.17) is 0 Å². The zero-order valence-electron chi connectivity index (χ0n) is 11.8. The van der Waals surface area contributed by atoms with Gasteiger partial charge < -0.3 is 5.32 Å². The third kappa shape index (κ3) is 2.44. The lowest BCUT2D eigenvalue weighted by Gasteiger charge is -2.27. The van der Waals surface area contributed by atoms with E-state index in [2.05, 4.69) is 35.3 Å². The van der Waals surface area contributed by atoms with E-state index in [9.17, 15) is 0 Å². The summed E-state index contributed by atoms with van der Waals surface area (Å²) in [6, 6.07) is 4.08. The molecule has 19 heavy (non-hydrogen) atoms. The van der Waals surface area contributed by atoms with E-state index in [1.165, 1.54) is 37.7 Å². The molecule has 2 aromatic rings. The number of fused-ring (bicyclic) bond motifs is 1. The SMILES string of the molecule is CCC1(CNc2nc3ccc(C)cn3n2)CCCC1. The van der Waals surface area contributed by atoms with E-state index in [0.29, 0.717) is 5.41 Å². The summed E-state index contributed by atoms with van der Waals surface area (Å²) in [5.74, 6) is 0.755. The molecule has 0 atom stereocenters. The van der Waals surface area contributed by atoms with E-state index in [-0.39, 0.29) is 0 Å². The topological polar surface area (TPSA) is 42.2 Å². The number of rotatable bonds is 4. The molecular weight excluding hydrogens is 236 g/mol. The van der Waals surface area contributed by atoms with E-state index in [1.54, 1.807) is 0 Å². The molecule has 1 saturated carbocycles. The first kappa shape index (κ1) is 12.5. The summed E-state index contributed by atoms with van der Waals surface area (Å²) >= 11 is 0. The van der Waals surface area contributed by atoms with Crippen LogP contribution in [0.3, 0.4) is 0 Å². The third-order valence-corrected chi connectivity index (χ3v) is 4.51. The molecule has 0 aliphatic heterocycles. The lowest BCUT2D eigenvalue weighted by molar-refractivity contribution is 0.306. The summed E-state index contributed by atoms with van der Waals surface area (Å²) in [7, 11) is 0. The van der Waals surface area contributed by atoms with Crippen LogP contribution in [0.4, 0.5) is 5.95 Å². The molecule has 0 amide bonds. The molecule has 4 nitrogen and oxygen atoms in total. The van der Waals surface area contributed by atoms with Gasteiger partial charge in [-0.15, -0.1) is 5.10 Å². The summed E-state index contributed by atoms with van der Waals surface area (Å²) in [4.78, 5) is 4.52. The molecule has 1 aliphatic rings. The van der Waals surface area contributed by atoms with Crippen molar-refractivity contribution in [3.05, 3.63) is 23.9 Å². The maximum atomic E-state index is 4.52. The van der Waals surface area contributed by atoms with E-state index >= 15 is 0 Å². The number of pyridine rings is 1. The maximum absolute atomic E-state index is 4.52. The molecule has 1 fully saturated rings. The van der Waals surface area contributed by atoms with Gasteiger partial charge in [-0.3, -0.25) is 0 Å². The quantitative estimate of drug-likeness (QED) is 0.913. The van der Waals surface area contributed by atoms with Gasteiger partial charge in [-0.25, -0.2) is 4.52 Å². The van der Waals surface area contributed by atoms with Crippen molar-refractivity contribution >= 4 is 11.6 Å². The third-order valence-electron chi connectivity index (χ3n) is 4.51. The molecule has 0 spiro atoms. The predicted octanol–water partition coefficient (Wildman–Crippen LogP) is 3.42. The number of anilines is 1. The lowest BCUT2D eigenvalue weighted by Crippen LogP contribution is -2.26. The first-order valence-corrected chi connectivity index (χ1v) is 7.28. The number of aromatic nitrogens is 3. The highest BCUT2D eigenvalue weighted by Crippen LogP contribution is 2.40. The van der Waals surface area contributed by atoms with Gasteiger partial charge in [0, 0.05) is 12.7 Å². The van der Waals surface area contributed by atoms with Gasteiger partial charge in [-0.05, 0) is 43.2 Å². The fourth-order valence-electron chi connectivity index (χ4n) is 3.11. The van der Waals surface area contributed by atoms with Crippen molar-refractivity contribution < 1.29 is 0 Å². The van der Waals surface area contributed by atoms with Crippen molar-refractivity contribution in [1.82, 2.24) is 14.6 Å². The highest BCUT2D eigenvalue weighted by atomic mass is 15.3. The molecule has 102 valence electrons. The number of aryl methyl sites for hydroxylation is 1. The fraction of sp³-hybridized carbons (Fsp3) is 0.600. The van der Waals surface area contributed by atoms with Crippen LogP contribution < -0.4 is 5.32 Å². The first-order chi connectivity index (χ1) is 9.21. The molecule has 4 heteroatoms. The van der Waals surface area contributed by atoms with Crippen molar-refractivity contribution in [1.29, 1.82) is 0 Å². The average Bonchev–Trinajstić information content (AvgIpc) is 3.02. The second-order valence-electron chi connectivity index (χ2n) is 5.86. The molecule has 2 aromatic heterocycles. The molecule has 2 heterocycles. The lowest BCUT2D eigenvalue weighted by atomic mass is 9.83. The van der Waals surface area contributed by atoms with E-state index in [0.717, 1.165) is 18.1 Å². The van der Waals surface area contributed by atoms with Gasteiger partial charge in [0.15, 0.2) is 5.65 Å². The molecule has 1 aliphatic carbocycles. The summed E-state index contributed by atoms with van der Waals surface area (Å²) in [5, 5.41) is 7.94. The summed E-state index contributed by atoms with van der Waals surface area (Å²) < 4.78 is 1.85. The monoisotopic (exact) mass is 258 g/mol. The number of hydrogen-bond acceptors (Lipinski definition) is 3. The van der Waals surface area contributed by atoms with Crippen molar-refractivity contribution in [2.45, 2.75) is 46.0 Å². The summed E-state index contributed by atoms with van der Waals surface area (Å²) in [5.41, 5.74) is 2.57. The first-order valence-electron chi connectivity index (χ1n) is 7.28. The fourth-order valence-corrected chi connectivity index (χ4v) is 3.11. The highest BCUT2D eigenvalue weighted by Gasteiger charge is 2.31. The second kappa shape index (κ2) is 4.83. The molecule has 0 bridgehead atoms. The van der Waals surface area contributed by atoms with Crippen LogP contribution in [0.1, 0.15) is 44.6 Å². The minimum atomic E-state index is 0.466. The minimum absolute atomic E-state index is 0.466. The largest absolute Gasteiger partial charge is 0.352 e. The number of hydrogen-bond donors (Lipinski definition) is 1. The molecular formula is C15H22N4. The Balaban J connectivity index is 1.74. The van der Waals surface area contributed by atoms with Crippen LogP contribution in [0.15, 0.2) is 18.3 Å². The summed E-state index contributed by atoms with van der Waals surface area (Å²) in [6.45, 7) is 5.37. The smallest absolute Gasteiger partial charge is 0.243 e. The van der Waals surface area contributed by atoms with Crippen LogP contribution in [0.25, 0.3) is 5.65 Å². The second-order valence-corrected chi connectivity index (χ2v) is 5.86. The van der Waals surface area contributed by atoms with Crippen LogP contribution in [-0.2, 0) is 0 Å². The minimum Gasteiger partial charge on any atom is -0.352 e. The van der Waals surface area contributed by atoms with Gasteiger partial charge in [0.1, 0.15) is 0 Å². The Hall–Kier alpha value is -1.58. The van der Waals surface area contributed by atoms with Gasteiger partial charge in [0.2, 0.25) is 5.95 Å². The Morgan fingerprint density at radius 1 is 1.32 bits per heavy atom. The number of nitrogens with zero attached hydrogens (tertiary/aromatic N) is 3. The normalized spacial score (nSPS) is 18.0. The molecule has 3 rings (SSSR count). The van der Waals surface area contributed by atoms with Crippen LogP contribution in [0.5, 0.6) is 0 Å². The van der Waals surface area contributed by atoms with Crippen molar-refractivity contribution in [2.75, 3.05) is 11.9 Å². The van der Waals surface area contributed by atoms with Gasteiger partial charge in [-0.1, -0.05) is 25.8 Å². The molecule has 0 radical (unpaired) electrons. The van der Waals surface area contributed by atoms with Crippen LogP contribution in [-0.4, -0.2) is 21.1 Å². The van der Waals surface area contributed by atoms with Crippen LogP contribution in [0.2, 0.25) is 0 Å².